The largest absolute Gasteiger partial charge is 0.419 e. The van der Waals surface area contributed by atoms with Gasteiger partial charge in [0.1, 0.15) is 0 Å². The molecular formula is C11H9N3O3. The standard InChI is InChI=1S/C11H9N3O3/c1-13(10(15)6-12)7-3-4-8-9(5-7)17-11(16)14(8)2/h3-5H,1-2H3. The van der Waals surface area contributed by atoms with Crippen LogP contribution in [-0.2, 0) is 11.8 Å². The van der Waals surface area contributed by atoms with Gasteiger partial charge in [0.25, 0.3) is 0 Å². The van der Waals surface area contributed by atoms with E-state index in [0.29, 0.717) is 16.8 Å². The first kappa shape index (κ1) is 11.0. The summed E-state index contributed by atoms with van der Waals surface area (Å²) >= 11 is 0. The lowest BCUT2D eigenvalue weighted by Gasteiger charge is -2.12. The second kappa shape index (κ2) is 3.79. The quantitative estimate of drug-likeness (QED) is 0.674. The van der Waals surface area contributed by atoms with E-state index in [2.05, 4.69) is 0 Å². The summed E-state index contributed by atoms with van der Waals surface area (Å²) in [6.45, 7) is 0. The van der Waals surface area contributed by atoms with Gasteiger partial charge in [0.2, 0.25) is 0 Å². The molecule has 0 bridgehead atoms. The van der Waals surface area contributed by atoms with Crippen molar-refractivity contribution in [1.29, 1.82) is 5.26 Å². The van der Waals surface area contributed by atoms with Crippen LogP contribution in [0.25, 0.3) is 11.1 Å². The second-order valence-electron chi connectivity index (χ2n) is 3.55. The Bertz CT molecular complexity index is 690. The molecule has 0 unspecified atom stereocenters. The lowest BCUT2D eigenvalue weighted by Crippen LogP contribution is -2.24. The number of hydrogen-bond donors (Lipinski definition) is 0. The molecule has 0 N–H and O–H groups in total. The van der Waals surface area contributed by atoms with E-state index in [0.717, 1.165) is 0 Å². The van der Waals surface area contributed by atoms with Gasteiger partial charge in [-0.2, -0.15) is 5.26 Å². The van der Waals surface area contributed by atoms with Crippen molar-refractivity contribution >= 4 is 22.7 Å². The van der Waals surface area contributed by atoms with Crippen molar-refractivity contribution in [2.45, 2.75) is 0 Å². The van der Waals surface area contributed by atoms with E-state index in [1.165, 1.54) is 22.6 Å². The molecule has 0 radical (unpaired) electrons. The lowest BCUT2D eigenvalue weighted by atomic mass is 10.2. The fraction of sp³-hybridized carbons (Fsp3) is 0.182. The highest BCUT2D eigenvalue weighted by molar-refractivity contribution is 6.04. The monoisotopic (exact) mass is 231 g/mol. The number of benzene rings is 1. The number of hydrogen-bond acceptors (Lipinski definition) is 4. The van der Waals surface area contributed by atoms with Gasteiger partial charge in [0.05, 0.1) is 5.52 Å². The van der Waals surface area contributed by atoms with E-state index in [1.54, 1.807) is 25.2 Å². The Morgan fingerprint density at radius 1 is 1.53 bits per heavy atom. The smallest absolute Gasteiger partial charge is 0.408 e. The maximum Gasteiger partial charge on any atom is 0.419 e. The number of carbonyl (C=O) groups is 1. The number of carbonyl (C=O) groups excluding carboxylic acids is 1. The summed E-state index contributed by atoms with van der Waals surface area (Å²) in [5.41, 5.74) is 1.52. The fourth-order valence-electron chi connectivity index (χ4n) is 1.52. The van der Waals surface area contributed by atoms with Crippen molar-refractivity contribution < 1.29 is 9.21 Å². The molecular weight excluding hydrogens is 222 g/mol. The van der Waals surface area contributed by atoms with Crippen LogP contribution in [0.3, 0.4) is 0 Å². The SMILES string of the molecule is CN(C(=O)C#N)c1ccc2c(c1)oc(=O)n2C. The summed E-state index contributed by atoms with van der Waals surface area (Å²) in [4.78, 5) is 23.6. The van der Waals surface area contributed by atoms with Crippen LogP contribution in [0.5, 0.6) is 0 Å². The van der Waals surface area contributed by atoms with Gasteiger partial charge in [-0.1, -0.05) is 0 Å². The zero-order chi connectivity index (χ0) is 12.6. The van der Waals surface area contributed by atoms with E-state index < -0.39 is 11.7 Å². The number of nitrogens with zero attached hydrogens (tertiary/aromatic N) is 3. The zero-order valence-electron chi connectivity index (χ0n) is 9.30. The molecule has 0 aliphatic heterocycles. The zero-order valence-corrected chi connectivity index (χ0v) is 9.30. The molecule has 0 fully saturated rings. The van der Waals surface area contributed by atoms with Gasteiger partial charge >= 0.3 is 11.7 Å². The number of fused-ring (bicyclic) bond motifs is 1. The van der Waals surface area contributed by atoms with Gasteiger partial charge in [-0.3, -0.25) is 9.36 Å². The summed E-state index contributed by atoms with van der Waals surface area (Å²) < 4.78 is 6.36. The summed E-state index contributed by atoms with van der Waals surface area (Å²) in [6.07, 6.45) is 0. The molecule has 0 saturated heterocycles. The molecule has 2 aromatic rings. The normalized spacial score (nSPS) is 10.2. The van der Waals surface area contributed by atoms with Crippen molar-refractivity contribution in [3.05, 3.63) is 28.7 Å². The molecule has 6 nitrogen and oxygen atoms in total. The van der Waals surface area contributed by atoms with E-state index in [-0.39, 0.29) is 0 Å². The predicted octanol–water partition coefficient (Wildman–Crippen LogP) is 0.618. The van der Waals surface area contributed by atoms with Gasteiger partial charge in [0, 0.05) is 25.8 Å². The molecule has 1 heterocycles. The third-order valence-electron chi connectivity index (χ3n) is 2.56. The molecule has 0 spiro atoms. The van der Waals surface area contributed by atoms with Crippen molar-refractivity contribution in [2.75, 3.05) is 11.9 Å². The Kier molecular flexibility index (Phi) is 2.44. The summed E-state index contributed by atoms with van der Waals surface area (Å²) in [5.74, 6) is -1.14. The number of amides is 1. The average molecular weight is 231 g/mol. The summed E-state index contributed by atoms with van der Waals surface area (Å²) in [7, 11) is 3.08. The van der Waals surface area contributed by atoms with Gasteiger partial charge in [-0.15, -0.1) is 0 Å². The minimum atomic E-state index is -0.678. The minimum absolute atomic E-state index is 0.382. The van der Waals surface area contributed by atoms with Crippen LogP contribution in [0.4, 0.5) is 5.69 Å². The number of oxazole rings is 1. The van der Waals surface area contributed by atoms with Gasteiger partial charge < -0.3 is 9.32 Å². The van der Waals surface area contributed by atoms with E-state index >= 15 is 0 Å². The van der Waals surface area contributed by atoms with Crippen LogP contribution in [-0.4, -0.2) is 17.5 Å². The van der Waals surface area contributed by atoms with Crippen LogP contribution in [0.2, 0.25) is 0 Å². The molecule has 1 aromatic heterocycles. The van der Waals surface area contributed by atoms with Crippen LogP contribution in [0.15, 0.2) is 27.4 Å². The van der Waals surface area contributed by atoms with Crippen molar-refractivity contribution in [3.63, 3.8) is 0 Å². The highest BCUT2D eigenvalue weighted by Crippen LogP contribution is 2.20. The Labute approximate surface area is 96.3 Å². The molecule has 17 heavy (non-hydrogen) atoms. The average Bonchev–Trinajstić information content (AvgIpc) is 2.62. The molecule has 1 amide bonds. The topological polar surface area (TPSA) is 79.2 Å². The van der Waals surface area contributed by atoms with Crippen molar-refractivity contribution in [2.24, 2.45) is 7.05 Å². The Hall–Kier alpha value is -2.55. The van der Waals surface area contributed by atoms with Gasteiger partial charge in [0.15, 0.2) is 11.7 Å². The Morgan fingerprint density at radius 3 is 2.88 bits per heavy atom. The molecule has 0 aliphatic rings. The summed E-state index contributed by atoms with van der Waals surface area (Å²) in [6, 6.07) is 6.37. The third-order valence-corrected chi connectivity index (χ3v) is 2.56. The molecule has 0 atom stereocenters. The molecule has 1 aromatic carbocycles. The number of aryl methyl sites for hydroxylation is 1. The molecule has 2 rings (SSSR count). The van der Waals surface area contributed by atoms with Crippen LogP contribution < -0.4 is 10.7 Å². The highest BCUT2D eigenvalue weighted by atomic mass is 16.4. The maximum atomic E-state index is 11.3. The second-order valence-corrected chi connectivity index (χ2v) is 3.55. The first-order chi connectivity index (χ1) is 8.04. The number of aromatic nitrogens is 1. The van der Waals surface area contributed by atoms with Crippen LogP contribution in [0.1, 0.15) is 0 Å². The van der Waals surface area contributed by atoms with Crippen molar-refractivity contribution in [1.82, 2.24) is 4.57 Å². The fourth-order valence-corrected chi connectivity index (χ4v) is 1.52. The molecule has 0 saturated carbocycles. The lowest BCUT2D eigenvalue weighted by molar-refractivity contribution is -0.113. The minimum Gasteiger partial charge on any atom is -0.408 e. The van der Waals surface area contributed by atoms with E-state index in [9.17, 15) is 9.59 Å². The first-order valence-electron chi connectivity index (χ1n) is 4.82. The number of nitriles is 1. The Morgan fingerprint density at radius 2 is 2.24 bits per heavy atom. The number of anilines is 1. The molecule has 6 heteroatoms. The van der Waals surface area contributed by atoms with E-state index in [1.807, 2.05) is 0 Å². The third kappa shape index (κ3) is 1.67. The van der Waals surface area contributed by atoms with Gasteiger partial charge in [-0.25, -0.2) is 4.79 Å². The van der Waals surface area contributed by atoms with Gasteiger partial charge in [-0.05, 0) is 12.1 Å². The predicted molar refractivity (Wildman–Crippen MR) is 60.5 cm³/mol. The molecule has 86 valence electrons. The Balaban J connectivity index is 2.56. The maximum absolute atomic E-state index is 11.3. The van der Waals surface area contributed by atoms with E-state index in [4.69, 9.17) is 9.68 Å². The first-order valence-corrected chi connectivity index (χ1v) is 4.82. The molecule has 0 aliphatic carbocycles. The van der Waals surface area contributed by atoms with Crippen molar-refractivity contribution in [3.8, 4) is 6.07 Å². The van der Waals surface area contributed by atoms with Crippen LogP contribution in [0, 0.1) is 11.3 Å². The van der Waals surface area contributed by atoms with Crippen LogP contribution >= 0.6 is 0 Å². The number of rotatable bonds is 1. The summed E-state index contributed by atoms with van der Waals surface area (Å²) in [5, 5.41) is 8.51. The highest BCUT2D eigenvalue weighted by Gasteiger charge is 2.12.